The number of halogens is 1. The smallest absolute Gasteiger partial charge is 0.205 e. The van der Waals surface area contributed by atoms with Crippen molar-refractivity contribution < 1.29 is 0 Å². The minimum absolute atomic E-state index is 0.267. The fourth-order valence-corrected chi connectivity index (χ4v) is 2.25. The highest BCUT2D eigenvalue weighted by molar-refractivity contribution is 6.21. The summed E-state index contributed by atoms with van der Waals surface area (Å²) in [7, 11) is 2.02. The third-order valence-corrected chi connectivity index (χ3v) is 3.23. The van der Waals surface area contributed by atoms with E-state index in [0.717, 1.165) is 25.3 Å². The summed E-state index contributed by atoms with van der Waals surface area (Å²) in [5, 5.41) is 0.267. The van der Waals surface area contributed by atoms with E-state index in [1.807, 2.05) is 24.0 Å². The van der Waals surface area contributed by atoms with Gasteiger partial charge in [0, 0.05) is 32.0 Å². The molecule has 1 aromatic rings. The molecule has 0 spiro atoms. The fourth-order valence-electron chi connectivity index (χ4n) is 1.98. The molecule has 4 heteroatoms. The molecule has 1 saturated heterocycles. The molecule has 0 bridgehead atoms. The second-order valence-corrected chi connectivity index (χ2v) is 4.63. The number of aryl methyl sites for hydroxylation is 1. The van der Waals surface area contributed by atoms with Crippen molar-refractivity contribution in [1.82, 2.24) is 9.55 Å². The Balaban J connectivity index is 2.20. The molecule has 1 aromatic heterocycles. The van der Waals surface area contributed by atoms with Gasteiger partial charge in [0.15, 0.2) is 0 Å². The highest BCUT2D eigenvalue weighted by atomic mass is 35.5. The van der Waals surface area contributed by atoms with Crippen LogP contribution < -0.4 is 4.90 Å². The Morgan fingerprint density at radius 1 is 1.50 bits per heavy atom. The number of rotatable bonds is 1. The third-order valence-electron chi connectivity index (χ3n) is 2.88. The van der Waals surface area contributed by atoms with Crippen LogP contribution in [0.2, 0.25) is 0 Å². The van der Waals surface area contributed by atoms with Crippen molar-refractivity contribution in [2.45, 2.75) is 31.2 Å². The molecule has 0 amide bonds. The Morgan fingerprint density at radius 2 is 2.29 bits per heavy atom. The minimum atomic E-state index is 0.267. The summed E-state index contributed by atoms with van der Waals surface area (Å²) < 4.78 is 2.05. The Bertz CT molecular complexity index is 310. The van der Waals surface area contributed by atoms with Crippen LogP contribution in [-0.4, -0.2) is 27.5 Å². The molecule has 78 valence electrons. The molecule has 1 aliphatic rings. The van der Waals surface area contributed by atoms with Gasteiger partial charge in [0.25, 0.3) is 0 Å². The van der Waals surface area contributed by atoms with Gasteiger partial charge < -0.3 is 9.47 Å². The van der Waals surface area contributed by atoms with Crippen molar-refractivity contribution in [3.63, 3.8) is 0 Å². The lowest BCUT2D eigenvalue weighted by molar-refractivity contribution is 0.478. The highest BCUT2D eigenvalue weighted by Gasteiger charge is 2.26. The second-order valence-electron chi connectivity index (χ2n) is 4.01. The fraction of sp³-hybridized carbons (Fsp3) is 0.700. The summed E-state index contributed by atoms with van der Waals surface area (Å²) in [5.41, 5.74) is 0. The monoisotopic (exact) mass is 213 g/mol. The normalized spacial score (nSPS) is 28.1. The Morgan fingerprint density at radius 3 is 2.93 bits per heavy atom. The number of anilines is 1. The largest absolute Gasteiger partial charge is 0.338 e. The predicted octanol–water partition coefficient (Wildman–Crippen LogP) is 2.02. The van der Waals surface area contributed by atoms with Crippen LogP contribution in [0.15, 0.2) is 12.4 Å². The van der Waals surface area contributed by atoms with Gasteiger partial charge >= 0.3 is 0 Å². The molecule has 0 aromatic carbocycles. The Labute approximate surface area is 89.7 Å². The summed E-state index contributed by atoms with van der Waals surface area (Å²) >= 11 is 6.17. The zero-order valence-electron chi connectivity index (χ0n) is 8.65. The Kier molecular flexibility index (Phi) is 2.68. The number of hydrogen-bond acceptors (Lipinski definition) is 2. The molecular formula is C10H16ClN3. The quantitative estimate of drug-likeness (QED) is 0.666. The van der Waals surface area contributed by atoms with Crippen molar-refractivity contribution in [3.8, 4) is 0 Å². The van der Waals surface area contributed by atoms with Crippen molar-refractivity contribution in [3.05, 3.63) is 12.4 Å². The van der Waals surface area contributed by atoms with Crippen LogP contribution in [0.5, 0.6) is 0 Å². The topological polar surface area (TPSA) is 21.1 Å². The molecule has 2 atom stereocenters. The first-order valence-electron chi connectivity index (χ1n) is 5.06. The lowest BCUT2D eigenvalue weighted by atomic mass is 10.0. The van der Waals surface area contributed by atoms with Gasteiger partial charge in [-0.1, -0.05) is 0 Å². The zero-order chi connectivity index (χ0) is 10.1. The molecule has 2 unspecified atom stereocenters. The lowest BCUT2D eigenvalue weighted by Crippen LogP contribution is -2.43. The molecule has 14 heavy (non-hydrogen) atoms. The lowest BCUT2D eigenvalue weighted by Gasteiger charge is -2.36. The molecule has 1 aliphatic heterocycles. The van der Waals surface area contributed by atoms with Crippen LogP contribution in [0.25, 0.3) is 0 Å². The first-order chi connectivity index (χ1) is 6.68. The molecule has 0 aliphatic carbocycles. The number of nitrogens with zero attached hydrogens (tertiary/aromatic N) is 3. The molecule has 2 heterocycles. The van der Waals surface area contributed by atoms with Gasteiger partial charge in [-0.25, -0.2) is 4.98 Å². The van der Waals surface area contributed by atoms with Crippen molar-refractivity contribution >= 4 is 17.5 Å². The molecule has 0 saturated carbocycles. The number of alkyl halides is 1. The van der Waals surface area contributed by atoms with Crippen molar-refractivity contribution in [1.29, 1.82) is 0 Å². The number of piperidine rings is 1. The molecule has 2 rings (SSSR count). The van der Waals surface area contributed by atoms with E-state index in [4.69, 9.17) is 11.6 Å². The summed E-state index contributed by atoms with van der Waals surface area (Å²) in [6.45, 7) is 3.14. The van der Waals surface area contributed by atoms with Crippen LogP contribution in [0.1, 0.15) is 19.8 Å². The van der Waals surface area contributed by atoms with E-state index in [1.54, 1.807) is 0 Å². The van der Waals surface area contributed by atoms with E-state index in [-0.39, 0.29) is 5.38 Å². The molecule has 0 radical (unpaired) electrons. The van der Waals surface area contributed by atoms with Crippen molar-refractivity contribution in [2.24, 2.45) is 7.05 Å². The van der Waals surface area contributed by atoms with E-state index in [2.05, 4.69) is 16.8 Å². The minimum Gasteiger partial charge on any atom is -0.338 e. The summed E-state index contributed by atoms with van der Waals surface area (Å²) in [6, 6.07) is 0.547. The maximum Gasteiger partial charge on any atom is 0.205 e. The number of hydrogen-bond donors (Lipinski definition) is 0. The number of aromatic nitrogens is 2. The van der Waals surface area contributed by atoms with Gasteiger partial charge in [-0.3, -0.25) is 0 Å². The van der Waals surface area contributed by atoms with Gasteiger partial charge in [0.1, 0.15) is 0 Å². The molecule has 1 fully saturated rings. The van der Waals surface area contributed by atoms with Crippen molar-refractivity contribution in [2.75, 3.05) is 11.4 Å². The maximum atomic E-state index is 6.17. The average Bonchev–Trinajstić information content (AvgIpc) is 2.56. The van der Waals surface area contributed by atoms with Crippen LogP contribution in [0, 0.1) is 0 Å². The van der Waals surface area contributed by atoms with Crippen LogP contribution in [0.4, 0.5) is 5.95 Å². The number of imidazole rings is 1. The van der Waals surface area contributed by atoms with Gasteiger partial charge in [-0.15, -0.1) is 11.6 Å². The average molecular weight is 214 g/mol. The molecule has 0 N–H and O–H groups in total. The summed E-state index contributed by atoms with van der Waals surface area (Å²) in [6.07, 6.45) is 6.07. The standard InChI is InChI=1S/C10H16ClN3/c1-8-3-4-9(11)7-14(8)10-12-5-6-13(10)2/h5-6,8-9H,3-4,7H2,1-2H3. The second kappa shape index (κ2) is 3.81. The van der Waals surface area contributed by atoms with E-state index >= 15 is 0 Å². The van der Waals surface area contributed by atoms with Gasteiger partial charge in [-0.05, 0) is 19.8 Å². The first kappa shape index (κ1) is 9.84. The predicted molar refractivity (Wildman–Crippen MR) is 58.9 cm³/mol. The van der Waals surface area contributed by atoms with Crippen LogP contribution in [0.3, 0.4) is 0 Å². The SMILES string of the molecule is CC1CCC(Cl)CN1c1nccn1C. The maximum absolute atomic E-state index is 6.17. The third kappa shape index (κ3) is 1.73. The van der Waals surface area contributed by atoms with E-state index in [9.17, 15) is 0 Å². The van der Waals surface area contributed by atoms with Crippen LogP contribution in [-0.2, 0) is 7.05 Å². The van der Waals surface area contributed by atoms with Crippen LogP contribution >= 0.6 is 11.6 Å². The Hall–Kier alpha value is -0.700. The van der Waals surface area contributed by atoms with Gasteiger partial charge in [0.2, 0.25) is 5.95 Å². The molecule has 3 nitrogen and oxygen atoms in total. The van der Waals surface area contributed by atoms with Gasteiger partial charge in [0.05, 0.1) is 5.38 Å². The van der Waals surface area contributed by atoms with Gasteiger partial charge in [-0.2, -0.15) is 0 Å². The van der Waals surface area contributed by atoms with E-state index in [1.165, 1.54) is 0 Å². The molecular weight excluding hydrogens is 198 g/mol. The summed E-state index contributed by atoms with van der Waals surface area (Å²) in [5.74, 6) is 1.03. The first-order valence-corrected chi connectivity index (χ1v) is 5.50. The van der Waals surface area contributed by atoms with E-state index < -0.39 is 0 Å². The van der Waals surface area contributed by atoms with E-state index in [0.29, 0.717) is 6.04 Å². The highest BCUT2D eigenvalue weighted by Crippen LogP contribution is 2.25. The summed E-state index contributed by atoms with van der Waals surface area (Å²) in [4.78, 5) is 6.65. The zero-order valence-corrected chi connectivity index (χ0v) is 9.41.